The lowest BCUT2D eigenvalue weighted by Crippen LogP contribution is -2.15. The van der Waals surface area contributed by atoms with E-state index in [1.54, 1.807) is 12.3 Å². The summed E-state index contributed by atoms with van der Waals surface area (Å²) < 4.78 is 0. The van der Waals surface area contributed by atoms with Crippen molar-refractivity contribution in [2.75, 3.05) is 6.61 Å². The van der Waals surface area contributed by atoms with Crippen LogP contribution >= 0.6 is 0 Å². The number of aliphatic hydroxyl groups excluding tert-OH is 1. The normalized spacial score (nSPS) is 13.0. The van der Waals surface area contributed by atoms with Crippen LogP contribution < -0.4 is 5.73 Å². The van der Waals surface area contributed by atoms with E-state index in [1.807, 2.05) is 12.1 Å². The summed E-state index contributed by atoms with van der Waals surface area (Å²) in [5.74, 6) is 0. The second-order valence-electron chi connectivity index (χ2n) is 2.04. The average Bonchev–Trinajstić information content (AvgIpc) is 2.05. The van der Waals surface area contributed by atoms with Gasteiger partial charge in [-0.1, -0.05) is 6.07 Å². The van der Waals surface area contributed by atoms with Gasteiger partial charge in [0.15, 0.2) is 0 Å². The van der Waals surface area contributed by atoms with Gasteiger partial charge in [0.25, 0.3) is 0 Å². The fraction of sp³-hybridized carbons (Fsp3) is 0.286. The van der Waals surface area contributed by atoms with E-state index in [4.69, 9.17) is 10.8 Å². The van der Waals surface area contributed by atoms with Gasteiger partial charge in [-0.15, -0.1) is 0 Å². The summed E-state index contributed by atoms with van der Waals surface area (Å²) in [6.45, 7) is -0.0585. The summed E-state index contributed by atoms with van der Waals surface area (Å²) in [6, 6.07) is 5.10. The van der Waals surface area contributed by atoms with Crippen molar-refractivity contribution in [1.82, 2.24) is 4.98 Å². The molecule has 1 atom stereocenters. The molecule has 1 rings (SSSR count). The highest BCUT2D eigenvalue weighted by molar-refractivity contribution is 5.07. The van der Waals surface area contributed by atoms with Gasteiger partial charge in [-0.3, -0.25) is 4.98 Å². The minimum absolute atomic E-state index is 0.0585. The molecule has 0 spiro atoms. The van der Waals surface area contributed by atoms with Crippen molar-refractivity contribution in [2.45, 2.75) is 6.04 Å². The highest BCUT2D eigenvalue weighted by Gasteiger charge is 2.02. The van der Waals surface area contributed by atoms with Gasteiger partial charge in [0.05, 0.1) is 18.3 Å². The summed E-state index contributed by atoms with van der Waals surface area (Å²) in [7, 11) is 0. The Hall–Kier alpha value is -0.930. The zero-order valence-electron chi connectivity index (χ0n) is 5.57. The molecule has 0 aliphatic heterocycles. The third-order valence-corrected chi connectivity index (χ3v) is 1.26. The third-order valence-electron chi connectivity index (χ3n) is 1.26. The van der Waals surface area contributed by atoms with Crippen LogP contribution in [-0.2, 0) is 0 Å². The van der Waals surface area contributed by atoms with E-state index in [9.17, 15) is 0 Å². The van der Waals surface area contributed by atoms with E-state index in [0.717, 1.165) is 5.69 Å². The van der Waals surface area contributed by atoms with E-state index >= 15 is 0 Å². The Morgan fingerprint density at radius 3 is 2.90 bits per heavy atom. The van der Waals surface area contributed by atoms with E-state index in [0.29, 0.717) is 0 Å². The lowest BCUT2D eigenvalue weighted by atomic mass is 10.2. The van der Waals surface area contributed by atoms with Crippen LogP contribution in [0.1, 0.15) is 11.7 Å². The maximum atomic E-state index is 8.62. The van der Waals surface area contributed by atoms with Gasteiger partial charge in [-0.05, 0) is 12.1 Å². The Morgan fingerprint density at radius 2 is 2.40 bits per heavy atom. The van der Waals surface area contributed by atoms with Gasteiger partial charge >= 0.3 is 0 Å². The van der Waals surface area contributed by atoms with E-state index < -0.39 is 0 Å². The molecule has 0 saturated carbocycles. The Bertz CT molecular complexity index is 188. The molecule has 1 heterocycles. The van der Waals surface area contributed by atoms with Crippen molar-refractivity contribution in [3.05, 3.63) is 30.1 Å². The highest BCUT2D eigenvalue weighted by Crippen LogP contribution is 2.02. The quantitative estimate of drug-likeness (QED) is 0.608. The fourth-order valence-corrected chi connectivity index (χ4v) is 0.689. The summed E-state index contributed by atoms with van der Waals surface area (Å²) in [5, 5.41) is 8.62. The predicted octanol–water partition coefficient (Wildman–Crippen LogP) is 0.0737. The summed E-state index contributed by atoms with van der Waals surface area (Å²) in [4.78, 5) is 3.96. The minimum Gasteiger partial charge on any atom is -0.394 e. The molecule has 0 aliphatic carbocycles. The standard InChI is InChI=1S/C7H10N2O/c8-6(5-10)7-3-1-2-4-9-7/h1-4,6,10H,5,8H2/t6-/m0/s1. The first-order valence-electron chi connectivity index (χ1n) is 3.12. The summed E-state index contributed by atoms with van der Waals surface area (Å²) >= 11 is 0. The minimum atomic E-state index is -0.346. The van der Waals surface area contributed by atoms with Crippen LogP contribution in [0.3, 0.4) is 0 Å². The van der Waals surface area contributed by atoms with Gasteiger partial charge in [0, 0.05) is 6.20 Å². The van der Waals surface area contributed by atoms with Crippen molar-refractivity contribution in [1.29, 1.82) is 0 Å². The van der Waals surface area contributed by atoms with Crippen LogP contribution in [0.15, 0.2) is 24.4 Å². The van der Waals surface area contributed by atoms with Gasteiger partial charge in [-0.25, -0.2) is 0 Å². The number of rotatable bonds is 2. The van der Waals surface area contributed by atoms with Gasteiger partial charge < -0.3 is 10.8 Å². The number of hydrogen-bond donors (Lipinski definition) is 2. The summed E-state index contributed by atoms with van der Waals surface area (Å²) in [6.07, 6.45) is 1.66. The molecule has 0 saturated heterocycles. The van der Waals surface area contributed by atoms with Crippen LogP contribution in [-0.4, -0.2) is 16.7 Å². The zero-order valence-corrected chi connectivity index (χ0v) is 5.57. The maximum absolute atomic E-state index is 8.62. The molecule has 3 nitrogen and oxygen atoms in total. The number of aromatic nitrogens is 1. The monoisotopic (exact) mass is 138 g/mol. The van der Waals surface area contributed by atoms with Crippen LogP contribution in [0.4, 0.5) is 0 Å². The lowest BCUT2D eigenvalue weighted by Gasteiger charge is -2.04. The first-order valence-corrected chi connectivity index (χ1v) is 3.12. The molecule has 1 aromatic rings. The smallest absolute Gasteiger partial charge is 0.0704 e. The molecule has 0 amide bonds. The summed E-state index contributed by atoms with van der Waals surface area (Å²) in [5.41, 5.74) is 6.21. The molecule has 10 heavy (non-hydrogen) atoms. The first-order chi connectivity index (χ1) is 4.84. The second kappa shape index (κ2) is 3.29. The number of aliphatic hydroxyl groups is 1. The average molecular weight is 138 g/mol. The molecule has 54 valence electrons. The number of hydrogen-bond acceptors (Lipinski definition) is 3. The van der Waals surface area contributed by atoms with Crippen molar-refractivity contribution < 1.29 is 5.11 Å². The van der Waals surface area contributed by atoms with E-state index in [1.165, 1.54) is 0 Å². The van der Waals surface area contributed by atoms with Crippen molar-refractivity contribution >= 4 is 0 Å². The topological polar surface area (TPSA) is 59.1 Å². The molecule has 0 bridgehead atoms. The van der Waals surface area contributed by atoms with Crippen molar-refractivity contribution in [2.24, 2.45) is 5.73 Å². The van der Waals surface area contributed by atoms with Crippen LogP contribution in [0, 0.1) is 0 Å². The van der Waals surface area contributed by atoms with Gasteiger partial charge in [-0.2, -0.15) is 0 Å². The van der Waals surface area contributed by atoms with Crippen molar-refractivity contribution in [3.8, 4) is 0 Å². The fourth-order valence-electron chi connectivity index (χ4n) is 0.689. The van der Waals surface area contributed by atoms with Gasteiger partial charge in [0.1, 0.15) is 0 Å². The second-order valence-corrected chi connectivity index (χ2v) is 2.04. The van der Waals surface area contributed by atoms with Gasteiger partial charge in [0.2, 0.25) is 0 Å². The molecular weight excluding hydrogens is 128 g/mol. The number of nitrogens with zero attached hydrogens (tertiary/aromatic N) is 1. The maximum Gasteiger partial charge on any atom is 0.0704 e. The SMILES string of the molecule is N[C@@H](CO)c1ccccn1. The molecule has 3 heteroatoms. The first kappa shape index (κ1) is 7.18. The van der Waals surface area contributed by atoms with Crippen LogP contribution in [0.2, 0.25) is 0 Å². The Kier molecular flexibility index (Phi) is 2.36. The largest absolute Gasteiger partial charge is 0.394 e. The lowest BCUT2D eigenvalue weighted by molar-refractivity contribution is 0.266. The Morgan fingerprint density at radius 1 is 1.60 bits per heavy atom. The molecule has 3 N–H and O–H groups in total. The highest BCUT2D eigenvalue weighted by atomic mass is 16.3. The molecule has 0 aliphatic rings. The molecular formula is C7H10N2O. The number of pyridine rings is 1. The Balaban J connectivity index is 2.75. The molecule has 0 unspecified atom stereocenters. The van der Waals surface area contributed by atoms with E-state index in [-0.39, 0.29) is 12.6 Å². The zero-order chi connectivity index (χ0) is 7.40. The molecule has 0 aromatic carbocycles. The van der Waals surface area contributed by atoms with E-state index in [2.05, 4.69) is 4.98 Å². The number of nitrogens with two attached hydrogens (primary N) is 1. The predicted molar refractivity (Wildman–Crippen MR) is 38.3 cm³/mol. The van der Waals surface area contributed by atoms with Crippen LogP contribution in [0.25, 0.3) is 0 Å². The Labute approximate surface area is 59.5 Å². The molecule has 1 aromatic heterocycles. The molecule has 0 fully saturated rings. The van der Waals surface area contributed by atoms with Crippen molar-refractivity contribution in [3.63, 3.8) is 0 Å². The molecule has 0 radical (unpaired) electrons. The van der Waals surface area contributed by atoms with Crippen LogP contribution in [0.5, 0.6) is 0 Å². The third kappa shape index (κ3) is 1.52.